The second kappa shape index (κ2) is 11.6. The first-order chi connectivity index (χ1) is 16.9. The van der Waals surface area contributed by atoms with Crippen LogP contribution in [0.5, 0.6) is 0 Å². The van der Waals surface area contributed by atoms with Gasteiger partial charge in [-0.2, -0.15) is 0 Å². The Labute approximate surface area is 207 Å². The van der Waals surface area contributed by atoms with Crippen LogP contribution in [0, 0.1) is 0 Å². The number of nitrogens with zero attached hydrogens (tertiary/aromatic N) is 1. The van der Waals surface area contributed by atoms with E-state index in [1.807, 2.05) is 48.5 Å². The van der Waals surface area contributed by atoms with Crippen LogP contribution in [0.1, 0.15) is 40.0 Å². The smallest absolute Gasteiger partial charge is 0.251 e. The fourth-order valence-corrected chi connectivity index (χ4v) is 5.35. The van der Waals surface area contributed by atoms with Gasteiger partial charge in [-0.05, 0) is 41.8 Å². The van der Waals surface area contributed by atoms with E-state index in [1.54, 1.807) is 19.1 Å². The number of nitrogens with one attached hydrogen (secondary N) is 2. The van der Waals surface area contributed by atoms with Crippen LogP contribution in [-0.4, -0.2) is 45.5 Å². The molecule has 0 saturated carbocycles. The Kier molecular flexibility index (Phi) is 8.30. The van der Waals surface area contributed by atoms with E-state index in [2.05, 4.69) is 21.0 Å². The average molecular weight is 494 g/mol. The van der Waals surface area contributed by atoms with Gasteiger partial charge in [-0.1, -0.05) is 60.7 Å². The molecule has 0 bridgehead atoms. The molecule has 1 amide bonds. The molecule has 0 aliphatic carbocycles. The van der Waals surface area contributed by atoms with Crippen LogP contribution in [0.2, 0.25) is 0 Å². The molecular weight excluding hydrogens is 462 g/mol. The van der Waals surface area contributed by atoms with E-state index < -0.39 is 16.1 Å². The molecule has 1 aliphatic heterocycles. The van der Waals surface area contributed by atoms with Gasteiger partial charge in [0.05, 0.1) is 18.1 Å². The first-order valence-corrected chi connectivity index (χ1v) is 13.2. The molecule has 4 rings (SSSR count). The highest BCUT2D eigenvalue weighted by Gasteiger charge is 2.20. The molecule has 1 atom stereocenters. The van der Waals surface area contributed by atoms with Crippen LogP contribution in [-0.2, 0) is 27.8 Å². The minimum Gasteiger partial charge on any atom is -0.379 e. The van der Waals surface area contributed by atoms with Crippen LogP contribution in [0.4, 0.5) is 0 Å². The molecule has 0 radical (unpaired) electrons. The van der Waals surface area contributed by atoms with E-state index in [0.717, 1.165) is 49.5 Å². The third-order valence-corrected chi connectivity index (χ3v) is 7.63. The Balaban J connectivity index is 1.41. The quantitative estimate of drug-likeness (QED) is 0.477. The van der Waals surface area contributed by atoms with Gasteiger partial charge in [0, 0.05) is 37.8 Å². The minimum absolute atomic E-state index is 0.0562. The van der Waals surface area contributed by atoms with E-state index in [0.29, 0.717) is 12.1 Å². The highest BCUT2D eigenvalue weighted by molar-refractivity contribution is 7.89. The highest BCUT2D eigenvalue weighted by atomic mass is 32.2. The lowest BCUT2D eigenvalue weighted by Crippen LogP contribution is -2.36. The van der Waals surface area contributed by atoms with Crippen LogP contribution in [0.15, 0.2) is 83.8 Å². The third-order valence-electron chi connectivity index (χ3n) is 6.09. The topological polar surface area (TPSA) is 87.7 Å². The van der Waals surface area contributed by atoms with Crippen molar-refractivity contribution >= 4 is 15.9 Å². The summed E-state index contributed by atoms with van der Waals surface area (Å²) in [6.07, 6.45) is 0. The maximum Gasteiger partial charge on any atom is 0.251 e. The minimum atomic E-state index is -3.80. The highest BCUT2D eigenvalue weighted by Crippen LogP contribution is 2.18. The van der Waals surface area contributed by atoms with Gasteiger partial charge in [0.1, 0.15) is 0 Å². The van der Waals surface area contributed by atoms with Gasteiger partial charge < -0.3 is 10.1 Å². The summed E-state index contributed by atoms with van der Waals surface area (Å²) >= 11 is 0. The van der Waals surface area contributed by atoms with Crippen LogP contribution >= 0.6 is 0 Å². The SMILES string of the molecule is CC(NS(=O)(=O)c1cccc(C(=O)NCc2ccccc2CN2CCOCC2)c1)c1ccccc1. The van der Waals surface area contributed by atoms with Crippen LogP contribution in [0.3, 0.4) is 0 Å². The molecule has 7 nitrogen and oxygen atoms in total. The Bertz CT molecular complexity index is 1240. The lowest BCUT2D eigenvalue weighted by atomic mass is 10.1. The lowest BCUT2D eigenvalue weighted by molar-refractivity contribution is 0.0340. The Morgan fingerprint density at radius 1 is 0.943 bits per heavy atom. The zero-order valence-electron chi connectivity index (χ0n) is 19.8. The molecule has 0 aromatic heterocycles. The second-order valence-electron chi connectivity index (χ2n) is 8.62. The van der Waals surface area contributed by atoms with Gasteiger partial charge in [-0.3, -0.25) is 9.69 Å². The summed E-state index contributed by atoms with van der Waals surface area (Å²) in [6.45, 7) is 6.19. The molecule has 1 fully saturated rings. The Morgan fingerprint density at radius 2 is 1.63 bits per heavy atom. The standard InChI is InChI=1S/C27H31N3O4S/c1-21(22-8-3-2-4-9-22)29-35(32,33)26-13-7-12-23(18-26)27(31)28-19-24-10-5-6-11-25(24)20-30-14-16-34-17-15-30/h2-13,18,21,29H,14-17,19-20H2,1H3,(H,28,31). The van der Waals surface area contributed by atoms with Gasteiger partial charge in [0.15, 0.2) is 0 Å². The fourth-order valence-electron chi connectivity index (χ4n) is 4.08. The number of sulfonamides is 1. The molecule has 2 N–H and O–H groups in total. The van der Waals surface area contributed by atoms with E-state index in [1.165, 1.54) is 12.1 Å². The Hall–Kier alpha value is -3.04. The number of hydrogen-bond acceptors (Lipinski definition) is 5. The zero-order valence-corrected chi connectivity index (χ0v) is 20.6. The molecule has 1 saturated heterocycles. The van der Waals surface area contributed by atoms with E-state index in [4.69, 9.17) is 4.74 Å². The summed E-state index contributed by atoms with van der Waals surface area (Å²) in [4.78, 5) is 15.3. The predicted octanol–water partition coefficient (Wildman–Crippen LogP) is 3.49. The van der Waals surface area contributed by atoms with Crippen molar-refractivity contribution in [1.29, 1.82) is 0 Å². The van der Waals surface area contributed by atoms with E-state index >= 15 is 0 Å². The average Bonchev–Trinajstić information content (AvgIpc) is 2.89. The molecule has 1 heterocycles. The maximum atomic E-state index is 12.9. The second-order valence-corrected chi connectivity index (χ2v) is 10.3. The molecule has 184 valence electrons. The van der Waals surface area contributed by atoms with Crippen molar-refractivity contribution in [3.05, 3.63) is 101 Å². The zero-order chi connectivity index (χ0) is 24.7. The molecule has 8 heteroatoms. The molecule has 3 aromatic rings. The lowest BCUT2D eigenvalue weighted by Gasteiger charge is -2.27. The molecule has 3 aromatic carbocycles. The number of carbonyl (C=O) groups excluding carboxylic acids is 1. The van der Waals surface area contributed by atoms with Crippen molar-refractivity contribution in [3.8, 4) is 0 Å². The largest absolute Gasteiger partial charge is 0.379 e. The summed E-state index contributed by atoms with van der Waals surface area (Å²) in [7, 11) is -3.80. The van der Waals surface area contributed by atoms with Crippen molar-refractivity contribution in [1.82, 2.24) is 14.9 Å². The van der Waals surface area contributed by atoms with Gasteiger partial charge in [-0.25, -0.2) is 13.1 Å². The van der Waals surface area contributed by atoms with Gasteiger partial charge in [0.25, 0.3) is 5.91 Å². The van der Waals surface area contributed by atoms with Gasteiger partial charge >= 0.3 is 0 Å². The summed E-state index contributed by atoms with van der Waals surface area (Å²) in [5, 5.41) is 2.94. The molecule has 1 unspecified atom stereocenters. The number of ether oxygens (including phenoxy) is 1. The van der Waals surface area contributed by atoms with Crippen molar-refractivity contribution in [2.24, 2.45) is 0 Å². The van der Waals surface area contributed by atoms with Crippen molar-refractivity contribution < 1.29 is 17.9 Å². The monoisotopic (exact) mass is 493 g/mol. The number of carbonyl (C=O) groups is 1. The summed E-state index contributed by atoms with van der Waals surface area (Å²) in [5.41, 5.74) is 3.35. The number of amides is 1. The fraction of sp³-hybridized carbons (Fsp3) is 0.296. The van der Waals surface area contributed by atoms with Crippen molar-refractivity contribution in [2.75, 3.05) is 26.3 Å². The normalized spacial score (nSPS) is 15.5. The van der Waals surface area contributed by atoms with E-state index in [-0.39, 0.29) is 10.8 Å². The predicted molar refractivity (Wildman–Crippen MR) is 135 cm³/mol. The molecular formula is C27H31N3O4S. The Morgan fingerprint density at radius 3 is 2.37 bits per heavy atom. The molecule has 0 spiro atoms. The van der Waals surface area contributed by atoms with Gasteiger partial charge in [0.2, 0.25) is 10.0 Å². The van der Waals surface area contributed by atoms with E-state index in [9.17, 15) is 13.2 Å². The molecule has 35 heavy (non-hydrogen) atoms. The number of morpholine rings is 1. The number of benzene rings is 3. The first-order valence-electron chi connectivity index (χ1n) is 11.7. The number of rotatable bonds is 9. The van der Waals surface area contributed by atoms with Crippen molar-refractivity contribution in [2.45, 2.75) is 31.0 Å². The first kappa shape index (κ1) is 25.1. The summed E-state index contributed by atoms with van der Waals surface area (Å²) in [5.74, 6) is -0.320. The summed E-state index contributed by atoms with van der Waals surface area (Å²) < 4.78 is 34.0. The molecule has 1 aliphatic rings. The van der Waals surface area contributed by atoms with Crippen LogP contribution in [0.25, 0.3) is 0 Å². The van der Waals surface area contributed by atoms with Crippen molar-refractivity contribution in [3.63, 3.8) is 0 Å². The summed E-state index contributed by atoms with van der Waals surface area (Å²) in [6, 6.07) is 23.1. The van der Waals surface area contributed by atoms with Gasteiger partial charge in [-0.15, -0.1) is 0 Å². The number of hydrogen-bond donors (Lipinski definition) is 2. The van der Waals surface area contributed by atoms with Crippen LogP contribution < -0.4 is 10.0 Å². The maximum absolute atomic E-state index is 12.9. The third kappa shape index (κ3) is 6.76.